The van der Waals surface area contributed by atoms with Gasteiger partial charge in [-0.2, -0.15) is 8.42 Å². The van der Waals surface area contributed by atoms with Crippen molar-refractivity contribution in [1.82, 2.24) is 4.98 Å². The third-order valence-corrected chi connectivity index (χ3v) is 3.40. The summed E-state index contributed by atoms with van der Waals surface area (Å²) in [5.41, 5.74) is 0. The van der Waals surface area contributed by atoms with Crippen molar-refractivity contribution in [2.75, 3.05) is 7.11 Å². The fourth-order valence-corrected chi connectivity index (χ4v) is 2.21. The van der Waals surface area contributed by atoms with Crippen LogP contribution in [-0.2, 0) is 10.1 Å². The highest BCUT2D eigenvalue weighted by molar-refractivity contribution is 7.87. The van der Waals surface area contributed by atoms with Gasteiger partial charge in [0.15, 0.2) is 0 Å². The fourth-order valence-electron chi connectivity index (χ4n) is 1.32. The van der Waals surface area contributed by atoms with Crippen LogP contribution in [0.1, 0.15) is 0 Å². The van der Waals surface area contributed by atoms with Gasteiger partial charge < -0.3 is 8.92 Å². The van der Waals surface area contributed by atoms with E-state index in [2.05, 4.69) is 4.98 Å². The number of benzene rings is 1. The Kier molecular flexibility index (Phi) is 3.47. The van der Waals surface area contributed by atoms with Gasteiger partial charge in [0.2, 0.25) is 0 Å². The second kappa shape index (κ2) is 5.05. The van der Waals surface area contributed by atoms with Crippen LogP contribution >= 0.6 is 0 Å². The Balaban J connectivity index is 2.28. The number of pyridine rings is 1. The molecular formula is C12H11NO4S. The van der Waals surface area contributed by atoms with Gasteiger partial charge in [0.25, 0.3) is 0 Å². The first-order valence-electron chi connectivity index (χ1n) is 5.10. The highest BCUT2D eigenvalue weighted by Crippen LogP contribution is 2.22. The van der Waals surface area contributed by atoms with Crippen molar-refractivity contribution in [2.45, 2.75) is 4.90 Å². The van der Waals surface area contributed by atoms with E-state index in [0.29, 0.717) is 5.75 Å². The Bertz CT molecular complexity index is 626. The molecule has 6 heteroatoms. The van der Waals surface area contributed by atoms with Crippen molar-refractivity contribution in [3.05, 3.63) is 48.8 Å². The third kappa shape index (κ3) is 2.78. The minimum absolute atomic E-state index is 0.00724. The van der Waals surface area contributed by atoms with Crippen LogP contribution in [0.3, 0.4) is 0 Å². The average Bonchev–Trinajstić information content (AvgIpc) is 2.39. The monoisotopic (exact) mass is 265 g/mol. The summed E-state index contributed by atoms with van der Waals surface area (Å²) in [5.74, 6) is 0.715. The molecule has 0 aliphatic rings. The van der Waals surface area contributed by atoms with Crippen LogP contribution in [0.5, 0.6) is 11.5 Å². The van der Waals surface area contributed by atoms with Crippen molar-refractivity contribution in [1.29, 1.82) is 0 Å². The fraction of sp³-hybridized carbons (Fsp3) is 0.0833. The summed E-state index contributed by atoms with van der Waals surface area (Å²) in [6.07, 6.45) is 2.72. The summed E-state index contributed by atoms with van der Waals surface area (Å²) in [4.78, 5) is 3.75. The number of ether oxygens (including phenoxy) is 1. The first kappa shape index (κ1) is 12.4. The first-order valence-corrected chi connectivity index (χ1v) is 6.51. The molecule has 1 heterocycles. The van der Waals surface area contributed by atoms with Gasteiger partial charge in [-0.3, -0.25) is 4.98 Å². The highest BCUT2D eigenvalue weighted by atomic mass is 32.2. The van der Waals surface area contributed by atoms with E-state index in [9.17, 15) is 8.42 Å². The van der Waals surface area contributed by atoms with Gasteiger partial charge >= 0.3 is 10.1 Å². The second-order valence-corrected chi connectivity index (χ2v) is 4.95. The SMILES string of the molecule is COc1cccc(OS(=O)(=O)c2cccnc2)c1. The van der Waals surface area contributed by atoms with Crippen LogP contribution in [0.25, 0.3) is 0 Å². The van der Waals surface area contributed by atoms with Gasteiger partial charge in [0.1, 0.15) is 16.4 Å². The van der Waals surface area contributed by atoms with Crippen molar-refractivity contribution in [2.24, 2.45) is 0 Å². The minimum Gasteiger partial charge on any atom is -0.497 e. The van der Waals surface area contributed by atoms with Crippen LogP contribution in [0.15, 0.2) is 53.7 Å². The Morgan fingerprint density at radius 3 is 2.56 bits per heavy atom. The Morgan fingerprint density at radius 2 is 1.89 bits per heavy atom. The van der Waals surface area contributed by atoms with E-state index in [0.717, 1.165) is 0 Å². The molecule has 0 spiro atoms. The average molecular weight is 265 g/mol. The summed E-state index contributed by atoms with van der Waals surface area (Å²) in [5, 5.41) is 0. The predicted octanol–water partition coefficient (Wildman–Crippen LogP) is 1.86. The molecular weight excluding hydrogens is 254 g/mol. The lowest BCUT2D eigenvalue weighted by Gasteiger charge is -2.07. The quantitative estimate of drug-likeness (QED) is 0.789. The van der Waals surface area contributed by atoms with Crippen LogP contribution in [-0.4, -0.2) is 20.5 Å². The molecule has 2 aromatic rings. The van der Waals surface area contributed by atoms with E-state index in [1.165, 1.54) is 43.8 Å². The largest absolute Gasteiger partial charge is 0.497 e. The summed E-state index contributed by atoms with van der Waals surface area (Å²) >= 11 is 0. The topological polar surface area (TPSA) is 65.5 Å². The van der Waals surface area contributed by atoms with E-state index in [1.807, 2.05) is 0 Å². The molecule has 0 fully saturated rings. The van der Waals surface area contributed by atoms with E-state index in [1.54, 1.807) is 12.1 Å². The van der Waals surface area contributed by atoms with Gasteiger partial charge in [-0.05, 0) is 24.3 Å². The van der Waals surface area contributed by atoms with E-state index in [-0.39, 0.29) is 10.6 Å². The number of methoxy groups -OCH3 is 1. The van der Waals surface area contributed by atoms with Crippen molar-refractivity contribution >= 4 is 10.1 Å². The molecule has 0 N–H and O–H groups in total. The molecule has 94 valence electrons. The number of rotatable bonds is 4. The van der Waals surface area contributed by atoms with Crippen LogP contribution in [0, 0.1) is 0 Å². The molecule has 0 atom stereocenters. The maximum atomic E-state index is 11.9. The van der Waals surface area contributed by atoms with Crippen molar-refractivity contribution in [3.63, 3.8) is 0 Å². The van der Waals surface area contributed by atoms with Crippen LogP contribution in [0.4, 0.5) is 0 Å². The lowest BCUT2D eigenvalue weighted by atomic mass is 10.3. The maximum Gasteiger partial charge on any atom is 0.340 e. The minimum atomic E-state index is -3.86. The zero-order valence-corrected chi connectivity index (χ0v) is 10.4. The molecule has 0 saturated carbocycles. The summed E-state index contributed by atoms with van der Waals surface area (Å²) in [6.45, 7) is 0. The summed E-state index contributed by atoms with van der Waals surface area (Å²) < 4.78 is 33.8. The number of nitrogens with zero attached hydrogens (tertiary/aromatic N) is 1. The third-order valence-electron chi connectivity index (χ3n) is 2.17. The molecule has 0 aliphatic heterocycles. The smallest absolute Gasteiger partial charge is 0.340 e. The molecule has 18 heavy (non-hydrogen) atoms. The van der Waals surface area contributed by atoms with Crippen molar-refractivity contribution in [3.8, 4) is 11.5 Å². The van der Waals surface area contributed by atoms with Crippen LogP contribution < -0.4 is 8.92 Å². The number of hydrogen-bond acceptors (Lipinski definition) is 5. The van der Waals surface area contributed by atoms with E-state index >= 15 is 0 Å². The standard InChI is InChI=1S/C12H11NO4S/c1-16-10-4-2-5-11(8-10)17-18(14,15)12-6-3-7-13-9-12/h2-9H,1H3. The normalized spacial score (nSPS) is 10.9. The number of hydrogen-bond donors (Lipinski definition) is 0. The van der Waals surface area contributed by atoms with Gasteiger partial charge in [-0.25, -0.2) is 0 Å². The first-order chi connectivity index (χ1) is 8.62. The Hall–Kier alpha value is -2.08. The van der Waals surface area contributed by atoms with Gasteiger partial charge in [0, 0.05) is 18.5 Å². The van der Waals surface area contributed by atoms with Gasteiger partial charge in [-0.1, -0.05) is 6.07 Å². The molecule has 0 amide bonds. The summed E-state index contributed by atoms with van der Waals surface area (Å²) in [6, 6.07) is 9.32. The molecule has 2 rings (SSSR count). The van der Waals surface area contributed by atoms with E-state index in [4.69, 9.17) is 8.92 Å². The zero-order chi connectivity index (χ0) is 13.0. The zero-order valence-electron chi connectivity index (χ0n) is 9.61. The molecule has 0 bridgehead atoms. The second-order valence-electron chi connectivity index (χ2n) is 3.41. The lowest BCUT2D eigenvalue weighted by Crippen LogP contribution is -2.09. The molecule has 0 unspecified atom stereocenters. The predicted molar refractivity (Wildman–Crippen MR) is 65.0 cm³/mol. The van der Waals surface area contributed by atoms with Gasteiger partial charge in [0.05, 0.1) is 7.11 Å². The maximum absolute atomic E-state index is 11.9. The van der Waals surface area contributed by atoms with Crippen LogP contribution in [0.2, 0.25) is 0 Å². The molecule has 1 aromatic carbocycles. The molecule has 0 aliphatic carbocycles. The Labute approximate surface area is 105 Å². The van der Waals surface area contributed by atoms with Crippen molar-refractivity contribution < 1.29 is 17.3 Å². The number of aromatic nitrogens is 1. The molecule has 5 nitrogen and oxygen atoms in total. The highest BCUT2D eigenvalue weighted by Gasteiger charge is 2.16. The lowest BCUT2D eigenvalue weighted by molar-refractivity contribution is 0.411. The molecule has 0 saturated heterocycles. The van der Waals surface area contributed by atoms with Gasteiger partial charge in [-0.15, -0.1) is 0 Å². The molecule has 0 radical (unpaired) electrons. The van der Waals surface area contributed by atoms with E-state index < -0.39 is 10.1 Å². The molecule has 1 aromatic heterocycles. The Morgan fingerprint density at radius 1 is 1.11 bits per heavy atom. The summed E-state index contributed by atoms with van der Waals surface area (Å²) in [7, 11) is -2.36.